The van der Waals surface area contributed by atoms with Crippen LogP contribution >= 0.6 is 0 Å². The van der Waals surface area contributed by atoms with Crippen LogP contribution in [-0.2, 0) is 11.3 Å². The minimum atomic E-state index is -1.04. The van der Waals surface area contributed by atoms with E-state index in [1.807, 2.05) is 72.5 Å². The van der Waals surface area contributed by atoms with Crippen molar-refractivity contribution in [3.05, 3.63) is 131 Å². The van der Waals surface area contributed by atoms with E-state index in [4.69, 9.17) is 0 Å². The zero-order valence-corrected chi connectivity index (χ0v) is 19.7. The molecule has 0 heterocycles. The van der Waals surface area contributed by atoms with Crippen molar-refractivity contribution in [1.82, 2.24) is 4.90 Å². The van der Waals surface area contributed by atoms with Crippen molar-refractivity contribution in [1.29, 1.82) is 0 Å². The molecule has 6 heteroatoms. The third kappa shape index (κ3) is 6.01. The topological polar surface area (TPSA) is 40.5 Å². The Labute approximate surface area is 208 Å². The van der Waals surface area contributed by atoms with Crippen molar-refractivity contribution in [2.45, 2.75) is 32.0 Å². The van der Waals surface area contributed by atoms with Crippen LogP contribution in [0.2, 0.25) is 0 Å². The van der Waals surface area contributed by atoms with Gasteiger partial charge in [0.05, 0.1) is 6.42 Å². The molecule has 0 aliphatic carbocycles. The van der Waals surface area contributed by atoms with Crippen LogP contribution < -0.4 is 0 Å². The van der Waals surface area contributed by atoms with Crippen LogP contribution in [-0.4, -0.2) is 16.0 Å². The molecule has 4 aromatic carbocycles. The van der Waals surface area contributed by atoms with Crippen molar-refractivity contribution in [3.63, 3.8) is 0 Å². The molecule has 0 radical (unpaired) electrons. The number of carbonyl (C=O) groups is 1. The monoisotopic (exact) mass is 489 g/mol. The second-order valence-electron chi connectivity index (χ2n) is 8.76. The Bertz CT molecular complexity index is 1330. The molecule has 0 aromatic heterocycles. The van der Waals surface area contributed by atoms with Crippen LogP contribution in [0, 0.1) is 17.5 Å². The van der Waals surface area contributed by atoms with Crippen molar-refractivity contribution >= 4 is 5.97 Å². The fourth-order valence-corrected chi connectivity index (χ4v) is 4.51. The molecule has 2 atom stereocenters. The molecule has 36 heavy (non-hydrogen) atoms. The van der Waals surface area contributed by atoms with Gasteiger partial charge in [-0.2, -0.15) is 0 Å². The summed E-state index contributed by atoms with van der Waals surface area (Å²) in [6.45, 7) is 2.39. The average molecular weight is 490 g/mol. The summed E-state index contributed by atoms with van der Waals surface area (Å²) in [7, 11) is 0. The molecule has 3 nitrogen and oxygen atoms in total. The van der Waals surface area contributed by atoms with Gasteiger partial charge in [0.1, 0.15) is 17.5 Å². The first-order valence-electron chi connectivity index (χ1n) is 11.6. The average Bonchev–Trinajstić information content (AvgIpc) is 2.86. The molecule has 0 saturated heterocycles. The highest BCUT2D eigenvalue weighted by Gasteiger charge is 2.29. The molecule has 184 valence electrons. The van der Waals surface area contributed by atoms with Gasteiger partial charge in [-0.05, 0) is 59.5 Å². The number of nitrogens with zero attached hydrogens (tertiary/aromatic N) is 1. The highest BCUT2D eigenvalue weighted by Crippen LogP contribution is 2.37. The summed E-state index contributed by atoms with van der Waals surface area (Å²) in [5, 5.41) is 9.82. The fraction of sp³-hybridized carbons (Fsp3) is 0.167. The summed E-state index contributed by atoms with van der Waals surface area (Å²) in [5.41, 5.74) is 2.60. The third-order valence-corrected chi connectivity index (χ3v) is 6.30. The lowest BCUT2D eigenvalue weighted by Crippen LogP contribution is -2.33. The normalized spacial score (nSPS) is 12.9. The van der Waals surface area contributed by atoms with E-state index in [0.717, 1.165) is 23.3 Å². The Morgan fingerprint density at radius 3 is 2.11 bits per heavy atom. The Balaban J connectivity index is 1.83. The van der Waals surface area contributed by atoms with Crippen LogP contribution in [0.5, 0.6) is 0 Å². The third-order valence-electron chi connectivity index (χ3n) is 6.30. The second kappa shape index (κ2) is 11.2. The number of aliphatic carboxylic acids is 1. The molecular weight excluding hydrogens is 463 g/mol. The van der Waals surface area contributed by atoms with E-state index in [1.165, 1.54) is 18.2 Å². The van der Waals surface area contributed by atoms with Crippen molar-refractivity contribution < 1.29 is 23.1 Å². The highest BCUT2D eigenvalue weighted by atomic mass is 19.1. The smallest absolute Gasteiger partial charge is 0.305 e. The lowest BCUT2D eigenvalue weighted by Gasteiger charge is -2.37. The summed E-state index contributed by atoms with van der Waals surface area (Å²) >= 11 is 0. The molecule has 0 unspecified atom stereocenters. The van der Waals surface area contributed by atoms with Gasteiger partial charge in [0.2, 0.25) is 0 Å². The molecule has 1 N–H and O–H groups in total. The largest absolute Gasteiger partial charge is 0.481 e. The maximum absolute atomic E-state index is 14.9. The van der Waals surface area contributed by atoms with Crippen LogP contribution in [0.15, 0.2) is 97.1 Å². The van der Waals surface area contributed by atoms with Gasteiger partial charge in [-0.25, -0.2) is 13.2 Å². The number of rotatable bonds is 9. The molecule has 0 saturated carbocycles. The van der Waals surface area contributed by atoms with Crippen molar-refractivity contribution in [3.8, 4) is 11.1 Å². The van der Waals surface area contributed by atoms with Gasteiger partial charge in [-0.3, -0.25) is 9.69 Å². The van der Waals surface area contributed by atoms with E-state index < -0.39 is 29.5 Å². The summed E-state index contributed by atoms with van der Waals surface area (Å²) in [4.78, 5) is 14.0. The minimum absolute atomic E-state index is 0.0388. The summed E-state index contributed by atoms with van der Waals surface area (Å²) in [6, 6.07) is 25.5. The van der Waals surface area contributed by atoms with Crippen molar-refractivity contribution in [2.75, 3.05) is 0 Å². The van der Waals surface area contributed by atoms with Gasteiger partial charge in [-0.1, -0.05) is 60.7 Å². The molecule has 4 rings (SSSR count). The van der Waals surface area contributed by atoms with Crippen LogP contribution in [0.4, 0.5) is 13.2 Å². The van der Waals surface area contributed by atoms with Gasteiger partial charge in [-0.15, -0.1) is 0 Å². The first-order chi connectivity index (χ1) is 17.3. The maximum Gasteiger partial charge on any atom is 0.305 e. The Hall–Kier alpha value is -3.90. The van der Waals surface area contributed by atoms with E-state index in [1.54, 1.807) is 6.07 Å². The number of halogens is 3. The molecule has 4 aromatic rings. The minimum Gasteiger partial charge on any atom is -0.481 e. The summed E-state index contributed by atoms with van der Waals surface area (Å²) < 4.78 is 42.9. The Morgan fingerprint density at radius 2 is 1.47 bits per heavy atom. The summed E-state index contributed by atoms with van der Waals surface area (Å²) in [5.74, 6) is -3.23. The first-order valence-corrected chi connectivity index (χ1v) is 11.6. The number of benzene rings is 4. The lowest BCUT2D eigenvalue weighted by atomic mass is 9.93. The standard InChI is InChI=1S/C30H26F3NO2/c1-20(22-10-6-3-7-11-22)34(19-21-8-4-2-5-9-21)29(18-30(35)36)24-14-23(15-26(32)16-24)27-13-12-25(31)17-28(27)33/h2-17,20,29H,18-19H2,1H3,(H,35,36)/t20-,29+/m1/s1. The quantitative estimate of drug-likeness (QED) is 0.264. The molecule has 0 aliphatic heterocycles. The molecule has 0 spiro atoms. The number of carboxylic acid groups (broad SMARTS) is 1. The van der Waals surface area contributed by atoms with Gasteiger partial charge >= 0.3 is 5.97 Å². The van der Waals surface area contributed by atoms with Gasteiger partial charge in [0.15, 0.2) is 0 Å². The second-order valence-corrected chi connectivity index (χ2v) is 8.76. The number of hydrogen-bond acceptors (Lipinski definition) is 2. The zero-order chi connectivity index (χ0) is 25.7. The molecule has 0 amide bonds. The first kappa shape index (κ1) is 25.2. The Kier molecular flexibility index (Phi) is 7.86. The molecule has 0 bridgehead atoms. The van der Waals surface area contributed by atoms with E-state index in [0.29, 0.717) is 12.1 Å². The van der Waals surface area contributed by atoms with E-state index in [-0.39, 0.29) is 23.6 Å². The van der Waals surface area contributed by atoms with E-state index in [2.05, 4.69) is 0 Å². The predicted octanol–water partition coefficient (Wildman–Crippen LogP) is 7.55. The SMILES string of the molecule is C[C@H](c1ccccc1)N(Cc1ccccc1)[C@@H](CC(=O)O)c1cc(F)cc(-c2ccc(F)cc2F)c1. The lowest BCUT2D eigenvalue weighted by molar-refractivity contribution is -0.138. The van der Waals surface area contributed by atoms with Gasteiger partial charge in [0, 0.05) is 30.3 Å². The molecule has 0 aliphatic rings. The van der Waals surface area contributed by atoms with Gasteiger partial charge < -0.3 is 5.11 Å². The fourth-order valence-electron chi connectivity index (χ4n) is 4.51. The van der Waals surface area contributed by atoms with Gasteiger partial charge in [0.25, 0.3) is 0 Å². The Morgan fingerprint density at radius 1 is 0.806 bits per heavy atom. The molecular formula is C30H26F3NO2. The maximum atomic E-state index is 14.9. The summed E-state index contributed by atoms with van der Waals surface area (Å²) in [6.07, 6.45) is -0.293. The number of carboxylic acids is 1. The van der Waals surface area contributed by atoms with Crippen LogP contribution in [0.3, 0.4) is 0 Å². The predicted molar refractivity (Wildman–Crippen MR) is 134 cm³/mol. The van der Waals surface area contributed by atoms with E-state index >= 15 is 0 Å². The number of hydrogen-bond donors (Lipinski definition) is 1. The van der Waals surface area contributed by atoms with Crippen LogP contribution in [0.1, 0.15) is 42.1 Å². The molecule has 0 fully saturated rings. The van der Waals surface area contributed by atoms with Crippen molar-refractivity contribution in [2.24, 2.45) is 0 Å². The van der Waals surface area contributed by atoms with E-state index in [9.17, 15) is 23.1 Å². The van der Waals surface area contributed by atoms with Crippen LogP contribution in [0.25, 0.3) is 11.1 Å². The highest BCUT2D eigenvalue weighted by molar-refractivity contribution is 5.69. The zero-order valence-electron chi connectivity index (χ0n) is 19.7.